The summed E-state index contributed by atoms with van der Waals surface area (Å²) in [6.07, 6.45) is 3.47. The van der Waals surface area contributed by atoms with Crippen molar-refractivity contribution >= 4 is 105 Å². The highest BCUT2D eigenvalue weighted by Gasteiger charge is 2.38. The highest BCUT2D eigenvalue weighted by molar-refractivity contribution is 7.82. The molecule has 7 heterocycles. The minimum atomic E-state index is -0.389. The van der Waals surface area contributed by atoms with Gasteiger partial charge in [0.1, 0.15) is 41.4 Å². The fraction of sp³-hybridized carbons (Fsp3) is 0.677. The van der Waals surface area contributed by atoms with Gasteiger partial charge in [-0.05, 0) is 127 Å². The summed E-state index contributed by atoms with van der Waals surface area (Å²) in [6.45, 7) is 40.4. The summed E-state index contributed by atoms with van der Waals surface area (Å²) in [5.41, 5.74) is -0.226. The molecule has 7 rings (SSSR count). The number of aromatic hydroxyl groups is 2. The van der Waals surface area contributed by atoms with Crippen LogP contribution in [0.3, 0.4) is 0 Å². The first-order valence-corrected chi connectivity index (χ1v) is 28.8. The topological polar surface area (TPSA) is 236 Å². The average Bonchev–Trinajstić information content (AvgIpc) is 4.12. The second-order valence-electron chi connectivity index (χ2n) is 21.0. The molecule has 5 aliphatic rings. The summed E-state index contributed by atoms with van der Waals surface area (Å²) in [7, 11) is 1.63. The summed E-state index contributed by atoms with van der Waals surface area (Å²) < 4.78 is 9.68. The number of thiocarbonyl (C=S) groups is 4. The molecule has 0 saturated carbocycles. The van der Waals surface area contributed by atoms with Crippen molar-refractivity contribution in [3.8, 4) is 11.5 Å². The van der Waals surface area contributed by atoms with Crippen LogP contribution in [-0.2, 0) is 14.4 Å². The maximum atomic E-state index is 11.6. The van der Waals surface area contributed by atoms with E-state index < -0.39 is 0 Å². The molecule has 5 saturated heterocycles. The number of imide groups is 2. The summed E-state index contributed by atoms with van der Waals surface area (Å²) in [6, 6.07) is 1.71. The molecule has 0 aromatic carbocycles. The van der Waals surface area contributed by atoms with Crippen LogP contribution in [0.25, 0.3) is 0 Å². The molecule has 5 fully saturated rings. The van der Waals surface area contributed by atoms with Crippen molar-refractivity contribution in [2.75, 3.05) is 66.0 Å². The Hall–Kier alpha value is -6.12. The molecule has 0 bridgehead atoms. The Morgan fingerprint density at radius 1 is 0.432 bits per heavy atom. The molecule has 26 heteroatoms. The second kappa shape index (κ2) is 44.3. The third-order valence-corrected chi connectivity index (χ3v) is 14.0. The third-order valence-electron chi connectivity index (χ3n) is 12.5. The van der Waals surface area contributed by atoms with Crippen molar-refractivity contribution in [1.29, 1.82) is 0 Å². The Morgan fingerprint density at radius 3 is 1.06 bits per heavy atom. The van der Waals surface area contributed by atoms with Gasteiger partial charge in [0.05, 0.1) is 25.9 Å². The van der Waals surface area contributed by atoms with Crippen LogP contribution in [0.1, 0.15) is 200 Å². The molecule has 5 aliphatic heterocycles. The summed E-state index contributed by atoms with van der Waals surface area (Å²) in [4.78, 5) is 108. The lowest BCUT2D eigenvalue weighted by Crippen LogP contribution is -2.37. The molecule has 88 heavy (non-hydrogen) atoms. The number of amides is 9. The fourth-order valence-corrected chi connectivity index (χ4v) is 9.96. The van der Waals surface area contributed by atoms with E-state index in [9.17, 15) is 38.4 Å². The zero-order valence-corrected chi connectivity index (χ0v) is 54.1. The molecular formula is C62H116N10O12S4. The van der Waals surface area contributed by atoms with Gasteiger partial charge in [-0.1, -0.05) is 104 Å². The van der Waals surface area contributed by atoms with Crippen molar-refractivity contribution in [2.24, 2.45) is 0 Å². The van der Waals surface area contributed by atoms with E-state index >= 15 is 0 Å². The number of likely N-dealkylation sites (N-methyl/N-ethyl adjacent to an activating group) is 5. The lowest BCUT2D eigenvalue weighted by molar-refractivity contribution is -0.127. The maximum Gasteiger partial charge on any atom is 0.327 e. The van der Waals surface area contributed by atoms with Crippen LogP contribution >= 0.6 is 48.9 Å². The van der Waals surface area contributed by atoms with Crippen LogP contribution in [0.4, 0.5) is 14.4 Å². The molecule has 9 amide bonds. The van der Waals surface area contributed by atoms with E-state index in [-0.39, 0.29) is 159 Å². The number of urea groups is 3. The Morgan fingerprint density at radius 2 is 0.784 bits per heavy atom. The van der Waals surface area contributed by atoms with Crippen molar-refractivity contribution in [3.05, 3.63) is 56.6 Å². The van der Waals surface area contributed by atoms with Gasteiger partial charge in [0.25, 0.3) is 11.8 Å². The minimum Gasteiger partial charge on any atom is -0.502 e. The van der Waals surface area contributed by atoms with Crippen LogP contribution < -0.4 is 10.9 Å². The molecule has 0 radical (unpaired) electrons. The monoisotopic (exact) mass is 1320 g/mol. The zero-order chi connectivity index (χ0) is 62.7. The molecule has 510 valence electrons. The SMILES string of the molecule is C.C.C.C.C.C.C.CC(C)N1C(=O)CN(C)C1=O.CC(C)c1cc(=O)c(O)co1.CC(C)c1cocc(O)c1=O.CCN1CC(=O)N(C(C)C)C1=O.CCN1CC(=O)N(C(C)C)C1=S.CCN1CC(=S)N(C(C)C)C1=O.CCN1CC(=S)N(C(C)C)C1=S. The van der Waals surface area contributed by atoms with Crippen LogP contribution in [0.2, 0.25) is 0 Å². The Balaban J connectivity index is -0.000000172. The van der Waals surface area contributed by atoms with E-state index in [1.165, 1.54) is 27.0 Å². The highest BCUT2D eigenvalue weighted by atomic mass is 32.1. The molecule has 2 N–H and O–H groups in total. The van der Waals surface area contributed by atoms with E-state index in [1.807, 2.05) is 114 Å². The van der Waals surface area contributed by atoms with Crippen molar-refractivity contribution < 1.29 is 47.8 Å². The molecule has 2 aromatic rings. The average molecular weight is 1320 g/mol. The minimum absolute atomic E-state index is 0. The van der Waals surface area contributed by atoms with E-state index in [0.717, 1.165) is 53.8 Å². The smallest absolute Gasteiger partial charge is 0.327 e. The molecule has 22 nitrogen and oxygen atoms in total. The third kappa shape index (κ3) is 26.5. The van der Waals surface area contributed by atoms with E-state index in [0.29, 0.717) is 42.1 Å². The molecule has 0 atom stereocenters. The number of carbonyl (C=O) groups is 6. The van der Waals surface area contributed by atoms with E-state index in [1.54, 1.807) is 26.6 Å². The molecule has 2 aromatic heterocycles. The predicted molar refractivity (Wildman–Crippen MR) is 377 cm³/mol. The Labute approximate surface area is 551 Å². The van der Waals surface area contributed by atoms with Crippen molar-refractivity contribution in [2.45, 2.75) is 219 Å². The number of hydrogen-bond donors (Lipinski definition) is 2. The Kier molecular flexibility index (Phi) is 48.1. The van der Waals surface area contributed by atoms with E-state index in [4.69, 9.17) is 67.9 Å². The van der Waals surface area contributed by atoms with Crippen LogP contribution in [-0.4, -0.2) is 211 Å². The van der Waals surface area contributed by atoms with Gasteiger partial charge < -0.3 is 48.4 Å². The van der Waals surface area contributed by atoms with Gasteiger partial charge in [0.2, 0.25) is 16.8 Å². The normalized spacial score (nSPS) is 15.0. The molecule has 0 spiro atoms. The van der Waals surface area contributed by atoms with Gasteiger partial charge in [-0.25, -0.2) is 14.4 Å². The lowest BCUT2D eigenvalue weighted by atomic mass is 10.1. The van der Waals surface area contributed by atoms with Crippen molar-refractivity contribution in [1.82, 2.24) is 49.0 Å². The van der Waals surface area contributed by atoms with Gasteiger partial charge in [-0.15, -0.1) is 0 Å². The van der Waals surface area contributed by atoms with Gasteiger partial charge in [-0.2, -0.15) is 0 Å². The highest BCUT2D eigenvalue weighted by Crippen LogP contribution is 2.19. The number of hydrogen-bond acceptors (Lipinski definition) is 16. The Bertz CT molecular complexity index is 2480. The van der Waals surface area contributed by atoms with Gasteiger partial charge in [-0.3, -0.25) is 43.6 Å². The van der Waals surface area contributed by atoms with Crippen LogP contribution in [0.15, 0.2) is 43.3 Å². The number of nitrogens with zero attached hydrogens (tertiary/aromatic N) is 10. The number of rotatable bonds is 11. The fourth-order valence-electron chi connectivity index (χ4n) is 7.98. The summed E-state index contributed by atoms with van der Waals surface area (Å²) >= 11 is 20.8. The first-order chi connectivity index (χ1) is 37.6. The van der Waals surface area contributed by atoms with Crippen LogP contribution in [0, 0.1) is 0 Å². The summed E-state index contributed by atoms with van der Waals surface area (Å²) in [5.74, 6) is 0.112. The largest absolute Gasteiger partial charge is 0.502 e. The van der Waals surface area contributed by atoms with Gasteiger partial charge in [0, 0.05) is 81.0 Å². The molecule has 0 aliphatic carbocycles. The quantitative estimate of drug-likeness (QED) is 0.157. The second-order valence-corrected chi connectivity index (χ2v) is 22.7. The van der Waals surface area contributed by atoms with Gasteiger partial charge >= 0.3 is 18.1 Å². The van der Waals surface area contributed by atoms with Crippen LogP contribution in [0.5, 0.6) is 11.5 Å². The first-order valence-electron chi connectivity index (χ1n) is 27.2. The first kappa shape index (κ1) is 95.5. The van der Waals surface area contributed by atoms with Gasteiger partial charge in [0.15, 0.2) is 21.7 Å². The molecule has 0 unspecified atom stereocenters. The lowest BCUT2D eigenvalue weighted by Gasteiger charge is -2.23. The predicted octanol–water partition coefficient (Wildman–Crippen LogP) is 12.3. The van der Waals surface area contributed by atoms with E-state index in [2.05, 4.69) is 25.7 Å². The number of carbonyl (C=O) groups excluding carboxylic acids is 6. The molecular weight excluding hydrogens is 1210 g/mol. The standard InChI is InChI=1S/C8H14N2O2.2C8H14N2OS.C8H14N2S2.2C8H10O3.C7H12N2O2.7CH4/c1-4-9-5-7(11)10(6(2)3)8(9)12;1-4-9-5-7(12)10(6(2)3)8(9)11;2*1-4-9-5-7(11)10(6(2)3)8(9)12;1-5(2)8-3-6(9)7(10)4-11-8;1-5(2)6-3-11-4-7(9)8(6)10;1-5(2)9-6(10)4-8(3)7(9)11;;;;;;;/h4*6H,4-5H2,1-3H3;3-5,10H,1-2H3;3-5,9H,1-2H3;5H,4H2,1-3H3;7*1H4. The van der Waals surface area contributed by atoms with Crippen molar-refractivity contribution in [3.63, 3.8) is 0 Å². The summed E-state index contributed by atoms with van der Waals surface area (Å²) in [5, 5.41) is 19.3. The maximum absolute atomic E-state index is 11.6. The zero-order valence-electron chi connectivity index (χ0n) is 50.8.